The van der Waals surface area contributed by atoms with E-state index in [1.54, 1.807) is 0 Å². The minimum atomic E-state index is -7.54. The molecule has 0 fully saturated rings. The molecule has 1 aromatic rings. The first-order valence-electron chi connectivity index (χ1n) is 9.09. The van der Waals surface area contributed by atoms with E-state index in [2.05, 4.69) is 4.74 Å². The first-order valence-corrected chi connectivity index (χ1v) is 9.09. The topological polar surface area (TPSA) is 43.4 Å². The zero-order chi connectivity index (χ0) is 25.9. The van der Waals surface area contributed by atoms with Crippen molar-refractivity contribution in [3.05, 3.63) is 35.4 Å². The van der Waals surface area contributed by atoms with Gasteiger partial charge >= 0.3 is 35.8 Å². The van der Waals surface area contributed by atoms with E-state index in [1.165, 1.54) is 19.2 Å². The van der Waals surface area contributed by atoms with Crippen LogP contribution in [0.5, 0.6) is 0 Å². The molecule has 0 amide bonds. The normalized spacial score (nSPS) is 13.7. The number of ether oxygens (including phenoxy) is 1. The smallest absolute Gasteiger partial charge is 0.438 e. The van der Waals surface area contributed by atoms with E-state index < -0.39 is 54.5 Å². The summed E-state index contributed by atoms with van der Waals surface area (Å²) in [4.78, 5) is 22.9. The van der Waals surface area contributed by atoms with Crippen LogP contribution < -0.4 is 0 Å². The Morgan fingerprint density at radius 1 is 0.788 bits per heavy atom. The van der Waals surface area contributed by atoms with Crippen molar-refractivity contribution < 1.29 is 62.6 Å². The number of carbonyl (C=O) groups is 2. The Balaban J connectivity index is 2.93. The highest BCUT2D eigenvalue weighted by molar-refractivity contribution is 5.96. The summed E-state index contributed by atoms with van der Waals surface area (Å²) in [7, 11) is 1.18. The van der Waals surface area contributed by atoms with E-state index >= 15 is 0 Å². The van der Waals surface area contributed by atoms with Crippen molar-refractivity contribution in [1.29, 1.82) is 0 Å². The largest absolute Gasteiger partial charge is 0.469 e. The number of esters is 1. The van der Waals surface area contributed by atoms with Crippen molar-refractivity contribution in [3.63, 3.8) is 0 Å². The summed E-state index contributed by atoms with van der Waals surface area (Å²) in [5.41, 5.74) is -7.31. The molecule has 0 aliphatic heterocycles. The molecule has 0 heterocycles. The molecule has 33 heavy (non-hydrogen) atoms. The number of hydrogen-bond donors (Lipinski definition) is 0. The minimum absolute atomic E-state index is 0.0758. The number of hydrogen-bond acceptors (Lipinski definition) is 3. The van der Waals surface area contributed by atoms with Crippen molar-refractivity contribution in [2.75, 3.05) is 7.11 Å². The number of benzene rings is 1. The molecule has 0 aliphatic rings. The van der Waals surface area contributed by atoms with Crippen LogP contribution in [-0.2, 0) is 16.0 Å². The maximum Gasteiger partial charge on any atom is 0.438 e. The molecule has 0 saturated carbocycles. The van der Waals surface area contributed by atoms with Crippen molar-refractivity contribution in [1.82, 2.24) is 0 Å². The zero-order valence-electron chi connectivity index (χ0n) is 16.7. The number of alkyl halides is 11. The Hall–Kier alpha value is -2.41. The van der Waals surface area contributed by atoms with Gasteiger partial charge in [0.1, 0.15) is 0 Å². The Morgan fingerprint density at radius 3 is 1.70 bits per heavy atom. The lowest BCUT2D eigenvalue weighted by atomic mass is 9.88. The van der Waals surface area contributed by atoms with Crippen LogP contribution in [0.2, 0.25) is 0 Å². The predicted molar refractivity (Wildman–Crippen MR) is 90.8 cm³/mol. The molecular weight excluding hydrogens is 485 g/mol. The molecule has 1 rings (SSSR count). The lowest BCUT2D eigenvalue weighted by Crippen LogP contribution is -2.70. The molecule has 14 heteroatoms. The van der Waals surface area contributed by atoms with Gasteiger partial charge in [0.15, 0.2) is 5.78 Å². The van der Waals surface area contributed by atoms with E-state index in [0.29, 0.717) is 18.4 Å². The molecule has 3 nitrogen and oxygen atoms in total. The number of ketones is 1. The van der Waals surface area contributed by atoms with E-state index in [-0.39, 0.29) is 12.0 Å². The highest BCUT2D eigenvalue weighted by Crippen LogP contribution is 2.59. The number of aryl methyl sites for hydroxylation is 1. The van der Waals surface area contributed by atoms with Crippen molar-refractivity contribution in [3.8, 4) is 0 Å². The number of carbonyl (C=O) groups excluding carboxylic acids is 2. The molecule has 0 saturated heterocycles. The van der Waals surface area contributed by atoms with Gasteiger partial charge in [-0.2, -0.15) is 43.9 Å². The third kappa shape index (κ3) is 5.94. The molecule has 188 valence electrons. The molecule has 0 aromatic heterocycles. The van der Waals surface area contributed by atoms with Gasteiger partial charge in [0.2, 0.25) is 0 Å². The Bertz CT molecular complexity index is 813. The van der Waals surface area contributed by atoms with Gasteiger partial charge in [0.25, 0.3) is 0 Å². The van der Waals surface area contributed by atoms with Crippen LogP contribution in [0.15, 0.2) is 24.3 Å². The maximum absolute atomic E-state index is 13.8. The first-order chi connectivity index (χ1) is 14.8. The SMILES string of the molecule is COC(=O)CCCc1ccc(C(=O)CCC(F)(F)C(F)(F)C(F)(C(F)(F)F)C(F)(F)F)cc1. The summed E-state index contributed by atoms with van der Waals surface area (Å²) < 4.78 is 148. The lowest BCUT2D eigenvalue weighted by molar-refractivity contribution is -0.426. The van der Waals surface area contributed by atoms with Gasteiger partial charge in [0, 0.05) is 24.8 Å². The van der Waals surface area contributed by atoms with E-state index in [0.717, 1.165) is 12.1 Å². The maximum atomic E-state index is 13.8. The van der Waals surface area contributed by atoms with Gasteiger partial charge in [-0.15, -0.1) is 0 Å². The third-order valence-corrected chi connectivity index (χ3v) is 4.69. The molecule has 0 atom stereocenters. The first kappa shape index (κ1) is 28.6. The molecule has 0 N–H and O–H groups in total. The summed E-state index contributed by atoms with van der Waals surface area (Å²) in [6.07, 6.45) is -18.1. The predicted octanol–water partition coefficient (Wildman–Crippen LogP) is 6.25. The minimum Gasteiger partial charge on any atom is -0.469 e. The van der Waals surface area contributed by atoms with Crippen LogP contribution in [0.25, 0.3) is 0 Å². The highest BCUT2D eigenvalue weighted by Gasteiger charge is 2.89. The van der Waals surface area contributed by atoms with Gasteiger partial charge < -0.3 is 4.74 Å². The van der Waals surface area contributed by atoms with Crippen molar-refractivity contribution >= 4 is 11.8 Å². The van der Waals surface area contributed by atoms with Crippen LogP contribution >= 0.6 is 0 Å². The average Bonchev–Trinajstić information content (AvgIpc) is 2.69. The van der Waals surface area contributed by atoms with Crippen LogP contribution in [0.3, 0.4) is 0 Å². The average molecular weight is 502 g/mol. The molecule has 0 unspecified atom stereocenters. The van der Waals surface area contributed by atoms with Crippen molar-refractivity contribution in [2.45, 2.75) is 62.0 Å². The van der Waals surface area contributed by atoms with Gasteiger partial charge in [-0.1, -0.05) is 24.3 Å². The van der Waals surface area contributed by atoms with Crippen LogP contribution in [0.1, 0.15) is 41.6 Å². The second kappa shape index (κ2) is 9.84. The second-order valence-corrected chi connectivity index (χ2v) is 6.98. The number of Topliss-reactive ketones (excluding diaryl/α,β-unsaturated/α-hetero) is 1. The standard InChI is InChI=1S/C19H17F11O3/c1-33-14(32)4-2-3-11-5-7-12(8-6-11)13(31)9-10-15(20,21)17(23,24)16(22,18(25,26)27)19(28,29)30/h5-8H,2-4,9-10H2,1H3. The molecule has 0 bridgehead atoms. The fourth-order valence-electron chi connectivity index (χ4n) is 2.74. The monoisotopic (exact) mass is 502 g/mol. The zero-order valence-corrected chi connectivity index (χ0v) is 16.7. The molecular formula is C19H17F11O3. The summed E-state index contributed by atoms with van der Waals surface area (Å²) in [6, 6.07) is 4.77. The number of methoxy groups -OCH3 is 1. The quantitative estimate of drug-likeness (QED) is 0.216. The summed E-state index contributed by atoms with van der Waals surface area (Å²) in [6.45, 7) is 0. The van der Waals surface area contributed by atoms with Crippen molar-refractivity contribution in [2.24, 2.45) is 0 Å². The fraction of sp³-hybridized carbons (Fsp3) is 0.579. The van der Waals surface area contributed by atoms with Crippen LogP contribution in [-0.4, -0.2) is 48.7 Å². The third-order valence-electron chi connectivity index (χ3n) is 4.69. The number of rotatable bonds is 10. The van der Waals surface area contributed by atoms with Crippen LogP contribution in [0, 0.1) is 0 Å². The molecule has 0 radical (unpaired) electrons. The molecule has 1 aromatic carbocycles. The summed E-state index contributed by atoms with van der Waals surface area (Å²) >= 11 is 0. The van der Waals surface area contributed by atoms with E-state index in [9.17, 15) is 57.9 Å². The van der Waals surface area contributed by atoms with E-state index in [1.807, 2.05) is 0 Å². The summed E-state index contributed by atoms with van der Waals surface area (Å²) in [5, 5.41) is 0. The van der Waals surface area contributed by atoms with E-state index in [4.69, 9.17) is 0 Å². The van der Waals surface area contributed by atoms with Crippen LogP contribution in [0.4, 0.5) is 48.3 Å². The number of halogens is 11. The molecule has 0 spiro atoms. The molecule has 0 aliphatic carbocycles. The summed E-state index contributed by atoms with van der Waals surface area (Å²) in [5.74, 6) is -15.2. The Kier molecular flexibility index (Phi) is 8.53. The lowest BCUT2D eigenvalue weighted by Gasteiger charge is -2.39. The van der Waals surface area contributed by atoms with Gasteiger partial charge in [-0.25, -0.2) is 4.39 Å². The Morgan fingerprint density at radius 2 is 1.27 bits per heavy atom. The van der Waals surface area contributed by atoms with Gasteiger partial charge in [-0.3, -0.25) is 9.59 Å². The second-order valence-electron chi connectivity index (χ2n) is 6.98. The fourth-order valence-corrected chi connectivity index (χ4v) is 2.74. The Labute approximate surface area is 179 Å². The van der Waals surface area contributed by atoms with Gasteiger partial charge in [-0.05, 0) is 18.4 Å². The highest BCUT2D eigenvalue weighted by atomic mass is 19.4. The van der Waals surface area contributed by atoms with Gasteiger partial charge in [0.05, 0.1) is 7.11 Å².